The molecule has 3 amide bonds. The Morgan fingerprint density at radius 3 is 2.22 bits per heavy atom. The van der Waals surface area contributed by atoms with Crippen LogP contribution in [0.25, 0.3) is 0 Å². The van der Waals surface area contributed by atoms with Crippen molar-refractivity contribution in [3.63, 3.8) is 0 Å². The maximum absolute atomic E-state index is 12.0. The maximum Gasteiger partial charge on any atom is 0.314 e. The molecule has 0 unspecified atom stereocenters. The number of likely N-dealkylation sites (N-methyl/N-ethyl adjacent to an activating group) is 1. The lowest BCUT2D eigenvalue weighted by Gasteiger charge is -2.25. The lowest BCUT2D eigenvalue weighted by atomic mass is 10.1. The van der Waals surface area contributed by atoms with Gasteiger partial charge in [-0.15, -0.1) is 0 Å². The highest BCUT2D eigenvalue weighted by Crippen LogP contribution is 2.16. The van der Waals surface area contributed by atoms with Gasteiger partial charge in [0, 0.05) is 19.6 Å². The lowest BCUT2D eigenvalue weighted by Crippen LogP contribution is -2.43. The summed E-state index contributed by atoms with van der Waals surface area (Å²) >= 11 is 5.98. The summed E-state index contributed by atoms with van der Waals surface area (Å²) in [4.78, 5) is 26.1. The zero-order valence-electron chi connectivity index (χ0n) is 15.5. The van der Waals surface area contributed by atoms with Gasteiger partial charge in [0.15, 0.2) is 0 Å². The van der Waals surface area contributed by atoms with E-state index in [9.17, 15) is 9.59 Å². The van der Waals surface area contributed by atoms with Crippen LogP contribution in [0.4, 0.5) is 4.79 Å². The van der Waals surface area contributed by atoms with Crippen molar-refractivity contribution < 1.29 is 9.59 Å². The molecule has 0 bridgehead atoms. The van der Waals surface area contributed by atoms with Crippen LogP contribution in [0.1, 0.15) is 22.0 Å². The van der Waals surface area contributed by atoms with Crippen molar-refractivity contribution in [3.05, 3.63) is 70.7 Å². The van der Waals surface area contributed by atoms with Crippen LogP contribution in [0, 0.1) is 0 Å². The molecule has 0 saturated carbocycles. The number of nitrogens with zero attached hydrogens (tertiary/aromatic N) is 1. The van der Waals surface area contributed by atoms with Gasteiger partial charge in [-0.05, 0) is 31.8 Å². The molecule has 0 fully saturated rings. The van der Waals surface area contributed by atoms with E-state index >= 15 is 0 Å². The van der Waals surface area contributed by atoms with Gasteiger partial charge in [0.05, 0.1) is 16.6 Å². The molecule has 0 heterocycles. The quantitative estimate of drug-likeness (QED) is 0.609. The van der Waals surface area contributed by atoms with E-state index in [0.29, 0.717) is 30.2 Å². The lowest BCUT2D eigenvalue weighted by molar-refractivity contribution is 0.0954. The molecule has 0 radical (unpaired) electrons. The topological polar surface area (TPSA) is 73.5 Å². The number of hydrogen-bond acceptors (Lipinski definition) is 3. The molecule has 3 N–H and O–H groups in total. The van der Waals surface area contributed by atoms with Crippen molar-refractivity contribution in [2.75, 3.05) is 33.7 Å². The zero-order chi connectivity index (χ0) is 19.6. The van der Waals surface area contributed by atoms with Crippen LogP contribution in [0.15, 0.2) is 54.6 Å². The van der Waals surface area contributed by atoms with Crippen molar-refractivity contribution >= 4 is 23.5 Å². The fraction of sp³-hybridized carbons (Fsp3) is 0.300. The number of benzene rings is 2. The molecular formula is C20H25ClN4O2. The maximum atomic E-state index is 12.0. The highest BCUT2D eigenvalue weighted by Gasteiger charge is 2.14. The molecule has 2 rings (SSSR count). The predicted molar refractivity (Wildman–Crippen MR) is 108 cm³/mol. The van der Waals surface area contributed by atoms with Crippen LogP contribution in [0.5, 0.6) is 0 Å². The van der Waals surface area contributed by atoms with Gasteiger partial charge in [-0.2, -0.15) is 0 Å². The molecule has 0 aliphatic rings. The monoisotopic (exact) mass is 388 g/mol. The highest BCUT2D eigenvalue weighted by molar-refractivity contribution is 6.33. The van der Waals surface area contributed by atoms with E-state index in [0.717, 1.165) is 5.56 Å². The predicted octanol–water partition coefficient (Wildman–Crippen LogP) is 2.67. The summed E-state index contributed by atoms with van der Waals surface area (Å²) in [5, 5.41) is 8.73. The molecule has 0 spiro atoms. The minimum absolute atomic E-state index is 0.0804. The fourth-order valence-electron chi connectivity index (χ4n) is 2.62. The van der Waals surface area contributed by atoms with Gasteiger partial charge in [-0.1, -0.05) is 54.1 Å². The van der Waals surface area contributed by atoms with E-state index in [1.807, 2.05) is 44.4 Å². The molecule has 0 aliphatic carbocycles. The van der Waals surface area contributed by atoms with E-state index in [-0.39, 0.29) is 18.0 Å². The van der Waals surface area contributed by atoms with Crippen molar-refractivity contribution in [2.24, 2.45) is 0 Å². The first-order valence-corrected chi connectivity index (χ1v) is 9.12. The number of amides is 3. The van der Waals surface area contributed by atoms with E-state index in [1.54, 1.807) is 24.3 Å². The standard InChI is InChI=1S/C20H25ClN4O2/c1-25(2)18(15-8-4-3-5-9-15)14-24-20(27)23-13-12-22-19(26)16-10-6-7-11-17(16)21/h3-11,18H,12-14H2,1-2H3,(H,22,26)(H2,23,24,27)/t18-/m1/s1. The number of rotatable bonds is 8. The first-order valence-electron chi connectivity index (χ1n) is 8.75. The van der Waals surface area contributed by atoms with Gasteiger partial charge in [-0.25, -0.2) is 4.79 Å². The number of halogens is 1. The minimum atomic E-state index is -0.273. The van der Waals surface area contributed by atoms with Crippen LogP contribution < -0.4 is 16.0 Å². The summed E-state index contributed by atoms with van der Waals surface area (Å²) in [5.41, 5.74) is 1.55. The second-order valence-corrected chi connectivity index (χ2v) is 6.67. The van der Waals surface area contributed by atoms with Crippen LogP contribution in [-0.2, 0) is 0 Å². The normalized spacial score (nSPS) is 11.7. The molecule has 27 heavy (non-hydrogen) atoms. The Labute approximate surface area is 164 Å². The largest absolute Gasteiger partial charge is 0.350 e. The molecule has 0 aromatic heterocycles. The molecule has 0 aliphatic heterocycles. The van der Waals surface area contributed by atoms with Gasteiger partial charge in [0.25, 0.3) is 5.91 Å². The molecular weight excluding hydrogens is 364 g/mol. The Morgan fingerprint density at radius 2 is 1.56 bits per heavy atom. The SMILES string of the molecule is CN(C)[C@H](CNC(=O)NCCNC(=O)c1ccccc1Cl)c1ccccc1. The van der Waals surface area contributed by atoms with Gasteiger partial charge in [0.2, 0.25) is 0 Å². The molecule has 1 atom stereocenters. The zero-order valence-corrected chi connectivity index (χ0v) is 16.3. The van der Waals surface area contributed by atoms with Crippen LogP contribution in [0.2, 0.25) is 5.02 Å². The van der Waals surface area contributed by atoms with Gasteiger partial charge in [0.1, 0.15) is 0 Å². The Balaban J connectivity index is 1.71. The van der Waals surface area contributed by atoms with E-state index < -0.39 is 0 Å². The summed E-state index contributed by atoms with van der Waals surface area (Å²) in [6.07, 6.45) is 0. The average Bonchev–Trinajstić information content (AvgIpc) is 2.66. The molecule has 7 heteroatoms. The summed E-state index contributed by atoms with van der Waals surface area (Å²) in [6.45, 7) is 1.11. The van der Waals surface area contributed by atoms with Crippen molar-refractivity contribution in [1.29, 1.82) is 0 Å². The number of hydrogen-bond donors (Lipinski definition) is 3. The van der Waals surface area contributed by atoms with E-state index in [2.05, 4.69) is 20.9 Å². The highest BCUT2D eigenvalue weighted by atomic mass is 35.5. The summed E-state index contributed by atoms with van der Waals surface area (Å²) < 4.78 is 0. The Morgan fingerprint density at radius 1 is 0.926 bits per heavy atom. The van der Waals surface area contributed by atoms with Gasteiger partial charge >= 0.3 is 6.03 Å². The van der Waals surface area contributed by atoms with E-state index in [4.69, 9.17) is 11.6 Å². The van der Waals surface area contributed by atoms with Crippen molar-refractivity contribution in [3.8, 4) is 0 Å². The first-order chi connectivity index (χ1) is 13.0. The smallest absolute Gasteiger partial charge is 0.314 e. The van der Waals surface area contributed by atoms with Gasteiger partial charge in [-0.3, -0.25) is 4.79 Å². The number of nitrogens with one attached hydrogen (secondary N) is 3. The van der Waals surface area contributed by atoms with Crippen LogP contribution in [-0.4, -0.2) is 50.6 Å². The molecule has 2 aromatic rings. The third-order valence-corrected chi connectivity index (χ3v) is 4.41. The average molecular weight is 389 g/mol. The second-order valence-electron chi connectivity index (χ2n) is 6.26. The fourth-order valence-corrected chi connectivity index (χ4v) is 2.84. The van der Waals surface area contributed by atoms with E-state index in [1.165, 1.54) is 0 Å². The summed E-state index contributed by atoms with van der Waals surface area (Å²) in [7, 11) is 3.95. The first kappa shape index (κ1) is 20.7. The van der Waals surface area contributed by atoms with Crippen molar-refractivity contribution in [1.82, 2.24) is 20.9 Å². The molecule has 0 saturated heterocycles. The number of carbonyl (C=O) groups excluding carboxylic acids is 2. The van der Waals surface area contributed by atoms with Crippen LogP contribution in [0.3, 0.4) is 0 Å². The molecule has 2 aromatic carbocycles. The Hall–Kier alpha value is -2.57. The molecule has 144 valence electrons. The third-order valence-electron chi connectivity index (χ3n) is 4.08. The van der Waals surface area contributed by atoms with Gasteiger partial charge < -0.3 is 20.9 Å². The number of urea groups is 1. The number of carbonyl (C=O) groups is 2. The Kier molecular flexibility index (Phi) is 8.10. The van der Waals surface area contributed by atoms with Crippen LogP contribution >= 0.6 is 11.6 Å². The Bertz CT molecular complexity index is 753. The third kappa shape index (κ3) is 6.58. The summed E-state index contributed by atoms with van der Waals surface area (Å²) in [6, 6.07) is 16.6. The molecule has 6 nitrogen and oxygen atoms in total. The summed E-state index contributed by atoms with van der Waals surface area (Å²) in [5.74, 6) is -0.264. The minimum Gasteiger partial charge on any atom is -0.350 e. The van der Waals surface area contributed by atoms with Crippen molar-refractivity contribution in [2.45, 2.75) is 6.04 Å². The second kappa shape index (κ2) is 10.5.